The number of piperazine rings is 1. The van der Waals surface area contributed by atoms with Gasteiger partial charge in [-0.3, -0.25) is 0 Å². The number of pyridine rings is 1. The van der Waals surface area contributed by atoms with Crippen LogP contribution in [-0.2, 0) is 22.4 Å². The number of hydrogen-bond acceptors (Lipinski definition) is 5. The number of anilines is 1. The molecule has 4 rings (SSSR count). The minimum atomic E-state index is -1.26. The maximum absolute atomic E-state index is 13.5. The number of hydrogen-bond donors (Lipinski definition) is 3. The van der Waals surface area contributed by atoms with Crippen LogP contribution in [0, 0.1) is 5.82 Å². The zero-order valence-electron chi connectivity index (χ0n) is 20.3. The number of carbonyl (C=O) groups is 2. The average Bonchev–Trinajstić information content (AvgIpc) is 2.78. The van der Waals surface area contributed by atoms with Crippen molar-refractivity contribution in [2.24, 2.45) is 0 Å². The van der Waals surface area contributed by atoms with Crippen molar-refractivity contribution in [3.63, 3.8) is 0 Å². The van der Waals surface area contributed by atoms with Crippen molar-refractivity contribution in [2.75, 3.05) is 18.0 Å². The highest BCUT2D eigenvalue weighted by atomic mass is 19.1. The van der Waals surface area contributed by atoms with E-state index < -0.39 is 11.9 Å². The summed E-state index contributed by atoms with van der Waals surface area (Å²) in [6.07, 6.45) is 8.24. The van der Waals surface area contributed by atoms with Gasteiger partial charge < -0.3 is 20.4 Å². The third-order valence-corrected chi connectivity index (χ3v) is 6.19. The summed E-state index contributed by atoms with van der Waals surface area (Å²) in [5, 5.41) is 19.2. The number of fused-ring (bicyclic) bond motifs is 1. The first-order valence-corrected chi connectivity index (χ1v) is 12.2. The van der Waals surface area contributed by atoms with E-state index in [1.54, 1.807) is 12.1 Å². The molecule has 0 bridgehead atoms. The third kappa shape index (κ3) is 7.89. The van der Waals surface area contributed by atoms with Crippen LogP contribution >= 0.6 is 0 Å². The summed E-state index contributed by atoms with van der Waals surface area (Å²) in [5.41, 5.74) is 4.98. The van der Waals surface area contributed by atoms with Gasteiger partial charge in [-0.15, -0.1) is 0 Å². The molecule has 1 saturated heterocycles. The fourth-order valence-corrected chi connectivity index (χ4v) is 4.75. The number of nitrogens with zero attached hydrogens (tertiary/aromatic N) is 2. The summed E-state index contributed by atoms with van der Waals surface area (Å²) >= 11 is 0. The second kappa shape index (κ2) is 12.4. The largest absolute Gasteiger partial charge is 0.478 e. The Morgan fingerprint density at radius 1 is 0.971 bits per heavy atom. The molecule has 2 unspecified atom stereocenters. The van der Waals surface area contributed by atoms with Crippen molar-refractivity contribution in [3.05, 3.63) is 59.6 Å². The smallest absolute Gasteiger partial charge is 0.328 e. The zero-order chi connectivity index (χ0) is 25.4. The first kappa shape index (κ1) is 26.3. The molecule has 1 fully saturated rings. The normalized spacial score (nSPS) is 20.3. The van der Waals surface area contributed by atoms with Crippen molar-refractivity contribution in [1.82, 2.24) is 10.3 Å². The van der Waals surface area contributed by atoms with Crippen molar-refractivity contribution in [3.8, 4) is 11.1 Å². The zero-order valence-corrected chi connectivity index (χ0v) is 20.3. The lowest BCUT2D eigenvalue weighted by molar-refractivity contribution is -0.134. The molecule has 0 radical (unpaired) electrons. The van der Waals surface area contributed by atoms with Crippen LogP contribution < -0.4 is 10.2 Å². The molecule has 2 aliphatic rings. The molecule has 1 aromatic heterocycles. The van der Waals surface area contributed by atoms with Crippen LogP contribution in [0.5, 0.6) is 0 Å². The molecule has 8 heteroatoms. The number of rotatable bonds is 4. The second-order valence-corrected chi connectivity index (χ2v) is 9.26. The van der Waals surface area contributed by atoms with Crippen LogP contribution in [0.3, 0.4) is 0 Å². The summed E-state index contributed by atoms with van der Waals surface area (Å²) in [4.78, 5) is 26.7. The van der Waals surface area contributed by atoms with Crippen molar-refractivity contribution in [1.29, 1.82) is 0 Å². The number of halogens is 1. The fraction of sp³-hybridized carbons (Fsp3) is 0.444. The second-order valence-electron chi connectivity index (χ2n) is 9.26. The van der Waals surface area contributed by atoms with E-state index in [1.165, 1.54) is 42.5 Å². The monoisotopic (exact) mass is 483 g/mol. The lowest BCUT2D eigenvalue weighted by Crippen LogP contribution is -2.54. The van der Waals surface area contributed by atoms with Gasteiger partial charge in [0.15, 0.2) is 0 Å². The maximum atomic E-state index is 13.5. The van der Waals surface area contributed by atoms with Gasteiger partial charge in [-0.1, -0.05) is 25.0 Å². The Morgan fingerprint density at radius 3 is 2.11 bits per heavy atom. The molecule has 1 aliphatic heterocycles. The number of aromatic nitrogens is 1. The van der Waals surface area contributed by atoms with E-state index in [-0.39, 0.29) is 5.82 Å². The van der Waals surface area contributed by atoms with E-state index in [1.807, 2.05) is 12.1 Å². The molecule has 1 aromatic carbocycles. The van der Waals surface area contributed by atoms with Gasteiger partial charge in [0.05, 0.1) is 0 Å². The highest BCUT2D eigenvalue weighted by molar-refractivity contribution is 5.89. The molecule has 1 aliphatic carbocycles. The van der Waals surface area contributed by atoms with E-state index in [2.05, 4.69) is 30.1 Å². The first-order chi connectivity index (χ1) is 16.7. The molecule has 0 amide bonds. The molecule has 2 atom stereocenters. The van der Waals surface area contributed by atoms with E-state index in [9.17, 15) is 14.0 Å². The Balaban J connectivity index is 0.000000371. The molecule has 0 spiro atoms. The number of nitrogens with one attached hydrogen (secondary N) is 1. The molecule has 188 valence electrons. The lowest BCUT2D eigenvalue weighted by Gasteiger charge is -2.37. The van der Waals surface area contributed by atoms with Gasteiger partial charge in [-0.2, -0.15) is 0 Å². The van der Waals surface area contributed by atoms with E-state index in [0.29, 0.717) is 24.2 Å². The van der Waals surface area contributed by atoms with Crippen LogP contribution in [0.2, 0.25) is 0 Å². The number of aliphatic carboxylic acids is 2. The average molecular weight is 484 g/mol. The molecule has 7 nitrogen and oxygen atoms in total. The minimum Gasteiger partial charge on any atom is -0.478 e. The predicted molar refractivity (Wildman–Crippen MR) is 134 cm³/mol. The molecule has 2 heterocycles. The van der Waals surface area contributed by atoms with Crippen LogP contribution in [0.4, 0.5) is 10.2 Å². The third-order valence-electron chi connectivity index (χ3n) is 6.19. The van der Waals surface area contributed by atoms with Crippen molar-refractivity contribution in [2.45, 2.75) is 64.5 Å². The highest BCUT2D eigenvalue weighted by Crippen LogP contribution is 2.33. The quantitative estimate of drug-likeness (QED) is 0.552. The van der Waals surface area contributed by atoms with Gasteiger partial charge in [-0.05, 0) is 74.4 Å². The van der Waals surface area contributed by atoms with E-state index >= 15 is 0 Å². The number of carboxylic acid groups (broad SMARTS) is 2. The lowest BCUT2D eigenvalue weighted by atomic mass is 9.90. The van der Waals surface area contributed by atoms with Crippen LogP contribution in [-0.4, -0.2) is 52.3 Å². The summed E-state index contributed by atoms with van der Waals surface area (Å²) < 4.78 is 13.5. The summed E-state index contributed by atoms with van der Waals surface area (Å²) in [6, 6.07) is 10.1. The fourth-order valence-electron chi connectivity index (χ4n) is 4.75. The Bertz CT molecular complexity index is 1030. The van der Waals surface area contributed by atoms with Gasteiger partial charge in [0.2, 0.25) is 0 Å². The molecule has 35 heavy (non-hydrogen) atoms. The van der Waals surface area contributed by atoms with Crippen LogP contribution in [0.25, 0.3) is 11.1 Å². The van der Waals surface area contributed by atoms with Crippen LogP contribution in [0.15, 0.2) is 42.5 Å². The Hall–Kier alpha value is -3.26. The van der Waals surface area contributed by atoms with Gasteiger partial charge in [-0.25, -0.2) is 19.0 Å². The van der Waals surface area contributed by atoms with Crippen molar-refractivity contribution >= 4 is 17.8 Å². The molecular formula is C27H34FN3O4. The minimum absolute atomic E-state index is 0.180. The van der Waals surface area contributed by atoms with E-state index in [0.717, 1.165) is 37.3 Å². The Labute approximate surface area is 205 Å². The maximum Gasteiger partial charge on any atom is 0.328 e. The Morgan fingerprint density at radius 2 is 1.54 bits per heavy atom. The van der Waals surface area contributed by atoms with Gasteiger partial charge in [0, 0.05) is 43.0 Å². The summed E-state index contributed by atoms with van der Waals surface area (Å²) in [6.45, 7) is 6.41. The summed E-state index contributed by atoms with van der Waals surface area (Å²) in [5.74, 6) is -1.62. The standard InChI is InChI=1S/C23H30FN3.C4H4O4/c1-16-14-27(15-17(2)25-16)23-13-21(18-9-11-19(24)12-10-18)20-7-5-3-4-6-8-22(20)26-23;5-3(6)1-2-4(7)8/h9-13,16-17,25H,3-8,14-15H2,1-2H3;1-2H,(H,5,6)(H,7,8)/b;2-1+. The number of aryl methyl sites for hydroxylation is 1. The SMILES string of the molecule is CC1CN(c2cc(-c3ccc(F)cc3)c3c(n2)CCCCCC3)CC(C)N1.O=C(O)/C=C/C(=O)O. The molecule has 0 saturated carbocycles. The number of benzene rings is 1. The van der Waals surface area contributed by atoms with Gasteiger partial charge >= 0.3 is 11.9 Å². The molecule has 3 N–H and O–H groups in total. The topological polar surface area (TPSA) is 103 Å². The molecular weight excluding hydrogens is 449 g/mol. The van der Waals surface area contributed by atoms with Gasteiger partial charge in [0.1, 0.15) is 11.6 Å². The van der Waals surface area contributed by atoms with Crippen LogP contribution in [0.1, 0.15) is 50.8 Å². The first-order valence-electron chi connectivity index (χ1n) is 12.2. The predicted octanol–water partition coefficient (Wildman–Crippen LogP) is 4.45. The highest BCUT2D eigenvalue weighted by Gasteiger charge is 2.24. The number of carboxylic acids is 2. The van der Waals surface area contributed by atoms with E-state index in [4.69, 9.17) is 15.2 Å². The van der Waals surface area contributed by atoms with Crippen molar-refractivity contribution < 1.29 is 24.2 Å². The summed E-state index contributed by atoms with van der Waals surface area (Å²) in [7, 11) is 0. The Kier molecular flexibility index (Phi) is 9.37. The molecule has 2 aromatic rings. The van der Waals surface area contributed by atoms with Gasteiger partial charge in [0.25, 0.3) is 0 Å².